The molecule has 19 heavy (non-hydrogen) atoms. The zero-order valence-electron chi connectivity index (χ0n) is 10.9. The van der Waals surface area contributed by atoms with Gasteiger partial charge in [-0.15, -0.1) is 0 Å². The Kier molecular flexibility index (Phi) is 4.33. The third kappa shape index (κ3) is 3.94. The SMILES string of the molecule is CC(=O)N[C@H]1CCCN(C(=O)Nc2cccnc2)C1. The number of urea groups is 1. The van der Waals surface area contributed by atoms with Crippen molar-refractivity contribution < 1.29 is 9.59 Å². The second kappa shape index (κ2) is 6.17. The fourth-order valence-corrected chi connectivity index (χ4v) is 2.21. The highest BCUT2D eigenvalue weighted by Crippen LogP contribution is 2.12. The highest BCUT2D eigenvalue weighted by Gasteiger charge is 2.24. The monoisotopic (exact) mass is 262 g/mol. The van der Waals surface area contributed by atoms with Crippen LogP contribution in [0.5, 0.6) is 0 Å². The van der Waals surface area contributed by atoms with Crippen LogP contribution in [0.1, 0.15) is 19.8 Å². The number of hydrogen-bond donors (Lipinski definition) is 2. The van der Waals surface area contributed by atoms with Gasteiger partial charge < -0.3 is 15.5 Å². The van der Waals surface area contributed by atoms with E-state index in [1.54, 1.807) is 29.4 Å². The van der Waals surface area contributed by atoms with Gasteiger partial charge in [0, 0.05) is 32.3 Å². The fraction of sp³-hybridized carbons (Fsp3) is 0.462. The Morgan fingerprint density at radius 1 is 1.47 bits per heavy atom. The van der Waals surface area contributed by atoms with E-state index in [9.17, 15) is 9.59 Å². The summed E-state index contributed by atoms with van der Waals surface area (Å²) in [7, 11) is 0. The van der Waals surface area contributed by atoms with Gasteiger partial charge in [-0.2, -0.15) is 0 Å². The Morgan fingerprint density at radius 3 is 3.00 bits per heavy atom. The molecule has 1 fully saturated rings. The highest BCUT2D eigenvalue weighted by atomic mass is 16.2. The summed E-state index contributed by atoms with van der Waals surface area (Å²) in [6.45, 7) is 2.75. The molecule has 2 heterocycles. The number of nitrogens with one attached hydrogen (secondary N) is 2. The first-order valence-corrected chi connectivity index (χ1v) is 6.38. The summed E-state index contributed by atoms with van der Waals surface area (Å²) in [5, 5.41) is 5.65. The summed E-state index contributed by atoms with van der Waals surface area (Å²) in [4.78, 5) is 28.8. The van der Waals surface area contributed by atoms with Gasteiger partial charge in [-0.25, -0.2) is 4.79 Å². The molecule has 0 aliphatic carbocycles. The molecule has 0 unspecified atom stereocenters. The molecule has 0 aromatic carbocycles. The van der Waals surface area contributed by atoms with E-state index in [0.717, 1.165) is 12.8 Å². The average Bonchev–Trinajstić information content (AvgIpc) is 2.39. The number of likely N-dealkylation sites (tertiary alicyclic amines) is 1. The van der Waals surface area contributed by atoms with Gasteiger partial charge >= 0.3 is 6.03 Å². The van der Waals surface area contributed by atoms with E-state index in [2.05, 4.69) is 15.6 Å². The summed E-state index contributed by atoms with van der Waals surface area (Å²) in [6, 6.07) is 3.46. The molecular weight excluding hydrogens is 244 g/mol. The van der Waals surface area contributed by atoms with Crippen molar-refractivity contribution in [2.24, 2.45) is 0 Å². The lowest BCUT2D eigenvalue weighted by molar-refractivity contribution is -0.119. The average molecular weight is 262 g/mol. The number of amides is 3. The first kappa shape index (κ1) is 13.3. The smallest absolute Gasteiger partial charge is 0.321 e. The van der Waals surface area contributed by atoms with E-state index in [4.69, 9.17) is 0 Å². The van der Waals surface area contributed by atoms with Crippen LogP contribution in [0.4, 0.5) is 10.5 Å². The molecule has 0 bridgehead atoms. The summed E-state index contributed by atoms with van der Waals surface area (Å²) in [5.74, 6) is -0.0560. The fourth-order valence-electron chi connectivity index (χ4n) is 2.21. The molecule has 6 heteroatoms. The number of carbonyl (C=O) groups is 2. The Bertz CT molecular complexity index is 449. The molecule has 0 spiro atoms. The largest absolute Gasteiger partial charge is 0.352 e. The van der Waals surface area contributed by atoms with Crippen LogP contribution < -0.4 is 10.6 Å². The first-order chi connectivity index (χ1) is 9.15. The molecule has 0 saturated carbocycles. The van der Waals surface area contributed by atoms with Crippen molar-refractivity contribution in [3.05, 3.63) is 24.5 Å². The minimum atomic E-state index is -0.150. The minimum Gasteiger partial charge on any atom is -0.352 e. The zero-order chi connectivity index (χ0) is 13.7. The number of pyridine rings is 1. The Hall–Kier alpha value is -2.11. The van der Waals surface area contributed by atoms with Crippen LogP contribution in [0.15, 0.2) is 24.5 Å². The topological polar surface area (TPSA) is 74.3 Å². The van der Waals surface area contributed by atoms with Crippen LogP contribution in [-0.4, -0.2) is 41.0 Å². The van der Waals surface area contributed by atoms with Gasteiger partial charge in [-0.05, 0) is 25.0 Å². The van der Waals surface area contributed by atoms with Crippen molar-refractivity contribution in [2.45, 2.75) is 25.8 Å². The first-order valence-electron chi connectivity index (χ1n) is 6.38. The molecular formula is C13H18N4O2. The molecule has 1 atom stereocenters. The van der Waals surface area contributed by atoms with Gasteiger partial charge in [-0.3, -0.25) is 9.78 Å². The predicted octanol–water partition coefficient (Wildman–Crippen LogP) is 1.21. The number of rotatable bonds is 2. The second-order valence-corrected chi connectivity index (χ2v) is 4.66. The van der Waals surface area contributed by atoms with Crippen molar-refractivity contribution in [3.63, 3.8) is 0 Å². The van der Waals surface area contributed by atoms with Gasteiger partial charge in [0.1, 0.15) is 0 Å². The lowest BCUT2D eigenvalue weighted by Crippen LogP contribution is -2.50. The van der Waals surface area contributed by atoms with Crippen molar-refractivity contribution in [3.8, 4) is 0 Å². The number of aromatic nitrogens is 1. The minimum absolute atomic E-state index is 0.0471. The van der Waals surface area contributed by atoms with E-state index in [1.165, 1.54) is 6.92 Å². The maximum Gasteiger partial charge on any atom is 0.321 e. The molecule has 1 aromatic heterocycles. The van der Waals surface area contributed by atoms with Crippen LogP contribution in [0.25, 0.3) is 0 Å². The maximum atomic E-state index is 12.1. The van der Waals surface area contributed by atoms with Crippen molar-refractivity contribution in [1.82, 2.24) is 15.2 Å². The zero-order valence-corrected chi connectivity index (χ0v) is 10.9. The van der Waals surface area contributed by atoms with E-state index >= 15 is 0 Å². The van der Waals surface area contributed by atoms with Crippen molar-refractivity contribution in [2.75, 3.05) is 18.4 Å². The molecule has 3 amide bonds. The molecule has 6 nitrogen and oxygen atoms in total. The van der Waals surface area contributed by atoms with Crippen molar-refractivity contribution in [1.29, 1.82) is 0 Å². The molecule has 1 saturated heterocycles. The number of piperidine rings is 1. The van der Waals surface area contributed by atoms with Crippen molar-refractivity contribution >= 4 is 17.6 Å². The predicted molar refractivity (Wildman–Crippen MR) is 71.7 cm³/mol. The van der Waals surface area contributed by atoms with Gasteiger partial charge in [0.15, 0.2) is 0 Å². The summed E-state index contributed by atoms with van der Waals surface area (Å²) in [6.07, 6.45) is 5.07. The summed E-state index contributed by atoms with van der Waals surface area (Å²) in [5.41, 5.74) is 0.675. The van der Waals surface area contributed by atoms with Crippen LogP contribution >= 0.6 is 0 Å². The van der Waals surface area contributed by atoms with Gasteiger partial charge in [0.25, 0.3) is 0 Å². The lowest BCUT2D eigenvalue weighted by atomic mass is 10.1. The molecule has 2 N–H and O–H groups in total. The third-order valence-electron chi connectivity index (χ3n) is 3.03. The Morgan fingerprint density at radius 2 is 2.32 bits per heavy atom. The van der Waals surface area contributed by atoms with Gasteiger partial charge in [0.2, 0.25) is 5.91 Å². The third-order valence-corrected chi connectivity index (χ3v) is 3.03. The quantitative estimate of drug-likeness (QED) is 0.841. The second-order valence-electron chi connectivity index (χ2n) is 4.66. The van der Waals surface area contributed by atoms with E-state index in [0.29, 0.717) is 18.8 Å². The van der Waals surface area contributed by atoms with Crippen LogP contribution in [-0.2, 0) is 4.79 Å². The molecule has 0 radical (unpaired) electrons. The molecule has 1 aromatic rings. The van der Waals surface area contributed by atoms with Gasteiger partial charge in [0.05, 0.1) is 11.9 Å². The Balaban J connectivity index is 1.90. The number of hydrogen-bond acceptors (Lipinski definition) is 3. The van der Waals surface area contributed by atoms with E-state index in [1.807, 2.05) is 0 Å². The number of carbonyl (C=O) groups excluding carboxylic acids is 2. The highest BCUT2D eigenvalue weighted by molar-refractivity contribution is 5.89. The van der Waals surface area contributed by atoms with Crippen LogP contribution in [0, 0.1) is 0 Å². The standard InChI is InChI=1S/C13H18N4O2/c1-10(18)15-12-5-3-7-17(9-12)13(19)16-11-4-2-6-14-8-11/h2,4,6,8,12H,3,5,7,9H2,1H3,(H,15,18)(H,16,19)/t12-/m0/s1. The summed E-state index contributed by atoms with van der Waals surface area (Å²) < 4.78 is 0. The number of nitrogens with zero attached hydrogens (tertiary/aromatic N) is 2. The van der Waals surface area contributed by atoms with E-state index in [-0.39, 0.29) is 18.0 Å². The lowest BCUT2D eigenvalue weighted by Gasteiger charge is -2.32. The van der Waals surface area contributed by atoms with E-state index < -0.39 is 0 Å². The Labute approximate surface area is 112 Å². The molecule has 1 aliphatic rings. The van der Waals surface area contributed by atoms with Crippen LogP contribution in [0.3, 0.4) is 0 Å². The van der Waals surface area contributed by atoms with Gasteiger partial charge in [-0.1, -0.05) is 0 Å². The molecule has 102 valence electrons. The maximum absolute atomic E-state index is 12.1. The number of anilines is 1. The molecule has 1 aliphatic heterocycles. The summed E-state index contributed by atoms with van der Waals surface area (Å²) >= 11 is 0. The van der Waals surface area contributed by atoms with Crippen LogP contribution in [0.2, 0.25) is 0 Å². The normalized spacial score (nSPS) is 18.8. The molecule has 2 rings (SSSR count).